The molecular weight excluding hydrogens is 190 g/mol. The Bertz CT molecular complexity index is 251. The number of para-hydroxylation sites is 1. The fourth-order valence-electron chi connectivity index (χ4n) is 1.15. The average molecular weight is 209 g/mol. The van der Waals surface area contributed by atoms with E-state index < -0.39 is 0 Å². The first kappa shape index (κ1) is 12.0. The molecule has 1 aromatic rings. The van der Waals surface area contributed by atoms with E-state index in [0.29, 0.717) is 19.8 Å². The summed E-state index contributed by atoms with van der Waals surface area (Å²) < 4.78 is 11.0. The molecule has 2 N–H and O–H groups in total. The Morgan fingerprint density at radius 3 is 2.67 bits per heavy atom. The van der Waals surface area contributed by atoms with Gasteiger partial charge in [0.05, 0.1) is 6.10 Å². The van der Waals surface area contributed by atoms with Gasteiger partial charge in [0.25, 0.3) is 0 Å². The van der Waals surface area contributed by atoms with Crippen LogP contribution in [0.2, 0.25) is 0 Å². The van der Waals surface area contributed by atoms with Crippen molar-refractivity contribution in [3.63, 3.8) is 0 Å². The summed E-state index contributed by atoms with van der Waals surface area (Å²) in [6, 6.07) is 9.75. The molecule has 3 heteroatoms. The summed E-state index contributed by atoms with van der Waals surface area (Å²) in [5.41, 5.74) is 5.37. The maximum atomic E-state index is 5.54. The fourth-order valence-corrected chi connectivity index (χ4v) is 1.15. The lowest BCUT2D eigenvalue weighted by Gasteiger charge is -2.13. The smallest absolute Gasteiger partial charge is 0.119 e. The van der Waals surface area contributed by atoms with Crippen molar-refractivity contribution in [2.45, 2.75) is 19.4 Å². The molecule has 0 heterocycles. The molecule has 0 aromatic heterocycles. The third-order valence-electron chi connectivity index (χ3n) is 1.98. The molecule has 0 radical (unpaired) electrons. The zero-order chi connectivity index (χ0) is 10.9. The van der Waals surface area contributed by atoms with E-state index in [1.54, 1.807) is 0 Å². The van der Waals surface area contributed by atoms with E-state index in [0.717, 1.165) is 12.2 Å². The molecular formula is C12H19NO2. The molecule has 0 aliphatic heterocycles. The lowest BCUT2D eigenvalue weighted by molar-refractivity contribution is 0.0319. The van der Waals surface area contributed by atoms with Gasteiger partial charge in [-0.15, -0.1) is 0 Å². The molecule has 3 nitrogen and oxygen atoms in total. The first-order chi connectivity index (χ1) is 7.33. The van der Waals surface area contributed by atoms with Crippen molar-refractivity contribution in [1.29, 1.82) is 0 Å². The Balaban J connectivity index is 2.14. The molecule has 15 heavy (non-hydrogen) atoms. The van der Waals surface area contributed by atoms with Gasteiger partial charge in [-0.1, -0.05) is 18.2 Å². The van der Waals surface area contributed by atoms with Gasteiger partial charge in [0, 0.05) is 6.61 Å². The van der Waals surface area contributed by atoms with Crippen molar-refractivity contribution in [3.8, 4) is 5.75 Å². The number of hydrogen-bond donors (Lipinski definition) is 1. The zero-order valence-electron chi connectivity index (χ0n) is 9.19. The summed E-state index contributed by atoms with van der Waals surface area (Å²) >= 11 is 0. The summed E-state index contributed by atoms with van der Waals surface area (Å²) in [4.78, 5) is 0. The lowest BCUT2D eigenvalue weighted by atomic mass is 10.3. The number of ether oxygens (including phenoxy) is 2. The van der Waals surface area contributed by atoms with Crippen molar-refractivity contribution in [3.05, 3.63) is 30.3 Å². The van der Waals surface area contributed by atoms with Gasteiger partial charge in [0.2, 0.25) is 0 Å². The number of hydrogen-bond acceptors (Lipinski definition) is 3. The highest BCUT2D eigenvalue weighted by Crippen LogP contribution is 2.08. The largest absolute Gasteiger partial charge is 0.491 e. The first-order valence-corrected chi connectivity index (χ1v) is 5.32. The van der Waals surface area contributed by atoms with E-state index in [2.05, 4.69) is 0 Å². The van der Waals surface area contributed by atoms with E-state index in [-0.39, 0.29) is 6.10 Å². The van der Waals surface area contributed by atoms with Crippen LogP contribution in [-0.4, -0.2) is 25.9 Å². The summed E-state index contributed by atoms with van der Waals surface area (Å²) in [7, 11) is 0. The molecule has 1 unspecified atom stereocenters. The van der Waals surface area contributed by atoms with E-state index in [4.69, 9.17) is 15.2 Å². The third-order valence-corrected chi connectivity index (χ3v) is 1.98. The predicted octanol–water partition coefficient (Wildman–Crippen LogP) is 1.82. The summed E-state index contributed by atoms with van der Waals surface area (Å²) in [6.45, 7) is 3.95. The van der Waals surface area contributed by atoms with Crippen LogP contribution in [0.5, 0.6) is 5.75 Å². The van der Waals surface area contributed by atoms with Crippen LogP contribution < -0.4 is 10.5 Å². The van der Waals surface area contributed by atoms with E-state index in [1.165, 1.54) is 0 Å². The number of rotatable bonds is 7. The maximum Gasteiger partial charge on any atom is 0.119 e. The highest BCUT2D eigenvalue weighted by molar-refractivity contribution is 5.20. The zero-order valence-corrected chi connectivity index (χ0v) is 9.19. The van der Waals surface area contributed by atoms with E-state index in [1.807, 2.05) is 37.3 Å². The topological polar surface area (TPSA) is 44.5 Å². The van der Waals surface area contributed by atoms with Crippen molar-refractivity contribution in [1.82, 2.24) is 0 Å². The first-order valence-electron chi connectivity index (χ1n) is 5.32. The molecule has 0 bridgehead atoms. The van der Waals surface area contributed by atoms with Gasteiger partial charge < -0.3 is 15.2 Å². The summed E-state index contributed by atoms with van der Waals surface area (Å²) in [5, 5.41) is 0. The maximum absolute atomic E-state index is 5.54. The molecule has 0 saturated carbocycles. The monoisotopic (exact) mass is 209 g/mol. The van der Waals surface area contributed by atoms with Crippen LogP contribution >= 0.6 is 0 Å². The minimum Gasteiger partial charge on any atom is -0.491 e. The second-order valence-electron chi connectivity index (χ2n) is 3.45. The van der Waals surface area contributed by atoms with Crippen LogP contribution in [0.3, 0.4) is 0 Å². The van der Waals surface area contributed by atoms with Gasteiger partial charge in [-0.25, -0.2) is 0 Å². The Hall–Kier alpha value is -1.06. The average Bonchev–Trinajstić information content (AvgIpc) is 2.28. The Morgan fingerprint density at radius 2 is 2.00 bits per heavy atom. The standard InChI is InChI=1S/C12H19NO2/c1-11(14-9-5-8-13)10-15-12-6-3-2-4-7-12/h2-4,6-7,11H,5,8-10,13H2,1H3. The summed E-state index contributed by atoms with van der Waals surface area (Å²) in [6.07, 6.45) is 1.01. The molecule has 0 aliphatic carbocycles. The van der Waals surface area contributed by atoms with Crippen LogP contribution in [0.25, 0.3) is 0 Å². The van der Waals surface area contributed by atoms with Crippen molar-refractivity contribution >= 4 is 0 Å². The van der Waals surface area contributed by atoms with Gasteiger partial charge in [-0.2, -0.15) is 0 Å². The fraction of sp³-hybridized carbons (Fsp3) is 0.500. The van der Waals surface area contributed by atoms with Crippen molar-refractivity contribution in [2.24, 2.45) is 5.73 Å². The molecule has 1 aromatic carbocycles. The van der Waals surface area contributed by atoms with Crippen molar-refractivity contribution in [2.75, 3.05) is 19.8 Å². The molecule has 0 spiro atoms. The molecule has 84 valence electrons. The van der Waals surface area contributed by atoms with E-state index >= 15 is 0 Å². The Labute approximate surface area is 91.2 Å². The third kappa shape index (κ3) is 5.40. The molecule has 1 rings (SSSR count). The van der Waals surface area contributed by atoms with Crippen LogP contribution in [0, 0.1) is 0 Å². The van der Waals surface area contributed by atoms with Crippen LogP contribution in [-0.2, 0) is 4.74 Å². The van der Waals surface area contributed by atoms with Crippen LogP contribution in [0.4, 0.5) is 0 Å². The Kier molecular flexibility index (Phi) is 5.81. The highest BCUT2D eigenvalue weighted by Gasteiger charge is 2.02. The van der Waals surface area contributed by atoms with Crippen LogP contribution in [0.15, 0.2) is 30.3 Å². The van der Waals surface area contributed by atoms with E-state index in [9.17, 15) is 0 Å². The number of nitrogens with two attached hydrogens (primary N) is 1. The quantitative estimate of drug-likeness (QED) is 0.697. The minimum absolute atomic E-state index is 0.108. The molecule has 0 aliphatic rings. The van der Waals surface area contributed by atoms with Gasteiger partial charge >= 0.3 is 0 Å². The van der Waals surface area contributed by atoms with Gasteiger partial charge in [-0.3, -0.25) is 0 Å². The van der Waals surface area contributed by atoms with Gasteiger partial charge in [-0.05, 0) is 32.0 Å². The van der Waals surface area contributed by atoms with Gasteiger partial charge in [0.15, 0.2) is 0 Å². The molecule has 1 atom stereocenters. The highest BCUT2D eigenvalue weighted by atomic mass is 16.5. The van der Waals surface area contributed by atoms with Crippen LogP contribution in [0.1, 0.15) is 13.3 Å². The van der Waals surface area contributed by atoms with Crippen molar-refractivity contribution < 1.29 is 9.47 Å². The van der Waals surface area contributed by atoms with Gasteiger partial charge in [0.1, 0.15) is 12.4 Å². The summed E-state index contributed by atoms with van der Waals surface area (Å²) in [5.74, 6) is 0.881. The second-order valence-corrected chi connectivity index (χ2v) is 3.45. The molecule has 0 saturated heterocycles. The normalized spacial score (nSPS) is 12.4. The number of benzene rings is 1. The molecule has 0 amide bonds. The Morgan fingerprint density at radius 1 is 1.27 bits per heavy atom. The predicted molar refractivity (Wildman–Crippen MR) is 61.0 cm³/mol. The minimum atomic E-state index is 0.108. The molecule has 0 fully saturated rings. The SMILES string of the molecule is CC(COc1ccccc1)OCCCN. The lowest BCUT2D eigenvalue weighted by Crippen LogP contribution is -2.19. The second kappa shape index (κ2) is 7.26.